The normalized spacial score (nSPS) is 30.1. The highest BCUT2D eigenvalue weighted by Gasteiger charge is 2.52. The number of hydrogen-bond donors (Lipinski definition) is 0. The summed E-state index contributed by atoms with van der Waals surface area (Å²) in [4.78, 5) is 0.375. The van der Waals surface area contributed by atoms with Gasteiger partial charge in [0.05, 0.1) is 4.90 Å². The Hall–Kier alpha value is -1.29. The van der Waals surface area contributed by atoms with E-state index < -0.39 is 10.0 Å². The van der Waals surface area contributed by atoms with Crippen molar-refractivity contribution in [2.45, 2.75) is 25.2 Å². The maximum atomic E-state index is 12.5. The minimum atomic E-state index is -3.38. The first-order chi connectivity index (χ1) is 8.42. The lowest BCUT2D eigenvalue weighted by molar-refractivity contribution is 0.381. The third kappa shape index (κ3) is 1.75. The van der Waals surface area contributed by atoms with Crippen LogP contribution in [0.2, 0.25) is 0 Å². The van der Waals surface area contributed by atoms with Gasteiger partial charge in [-0.2, -0.15) is 0 Å². The molecule has 2 unspecified atom stereocenters. The van der Waals surface area contributed by atoms with Gasteiger partial charge < -0.3 is 0 Å². The predicted molar refractivity (Wildman–Crippen MR) is 70.4 cm³/mol. The molecule has 2 atom stereocenters. The summed E-state index contributed by atoms with van der Waals surface area (Å²) in [5, 5.41) is 0. The molecule has 1 fully saturated rings. The zero-order valence-corrected chi connectivity index (χ0v) is 11.4. The van der Waals surface area contributed by atoms with Crippen molar-refractivity contribution in [1.29, 1.82) is 0 Å². The van der Waals surface area contributed by atoms with E-state index in [2.05, 4.69) is 6.92 Å². The van der Waals surface area contributed by atoms with Crippen LogP contribution in [0.4, 0.5) is 0 Å². The van der Waals surface area contributed by atoms with Gasteiger partial charge in [0.15, 0.2) is 0 Å². The van der Waals surface area contributed by atoms with E-state index in [0.29, 0.717) is 17.4 Å². The van der Waals surface area contributed by atoms with Crippen molar-refractivity contribution < 1.29 is 8.42 Å². The van der Waals surface area contributed by atoms with Gasteiger partial charge >= 0.3 is 0 Å². The molecular formula is C14H17NO2S. The number of allylic oxidation sites excluding steroid dienone is 1. The summed E-state index contributed by atoms with van der Waals surface area (Å²) in [6.45, 7) is 4.70. The minimum absolute atomic E-state index is 0.159. The largest absolute Gasteiger partial charge is 0.273 e. The van der Waals surface area contributed by atoms with Crippen molar-refractivity contribution in [2.75, 3.05) is 6.54 Å². The van der Waals surface area contributed by atoms with Crippen LogP contribution in [0, 0.1) is 18.3 Å². The number of nitrogens with zero attached hydrogens (tertiary/aromatic N) is 1. The first kappa shape index (κ1) is 11.8. The molecule has 4 heteroatoms. The van der Waals surface area contributed by atoms with Gasteiger partial charge in [-0.15, -0.1) is 0 Å². The van der Waals surface area contributed by atoms with Crippen LogP contribution in [-0.4, -0.2) is 19.3 Å². The molecule has 3 nitrogen and oxygen atoms in total. The molecule has 0 N–H and O–H groups in total. The van der Waals surface area contributed by atoms with Crippen LogP contribution in [0.5, 0.6) is 0 Å². The van der Waals surface area contributed by atoms with E-state index >= 15 is 0 Å². The standard InChI is InChI=1S/C14H17NO2S/c1-11-3-5-13(6-4-11)18(16,17)15-8-7-12-9-14(12,2)10-15/h3-8,12H,9-10H2,1-2H3. The Bertz CT molecular complexity index is 603. The van der Waals surface area contributed by atoms with Gasteiger partial charge in [-0.1, -0.05) is 30.7 Å². The fourth-order valence-corrected chi connectivity index (χ4v) is 3.99. The summed E-state index contributed by atoms with van der Waals surface area (Å²) >= 11 is 0. The molecule has 0 bridgehead atoms. The molecule has 1 aliphatic carbocycles. The molecule has 1 aromatic rings. The Kier molecular flexibility index (Phi) is 2.36. The van der Waals surface area contributed by atoms with Crippen LogP contribution in [0.25, 0.3) is 0 Å². The maximum absolute atomic E-state index is 12.5. The van der Waals surface area contributed by atoms with Gasteiger partial charge in [0.2, 0.25) is 0 Å². The second kappa shape index (κ2) is 3.60. The second-order valence-electron chi connectivity index (χ2n) is 5.67. The third-order valence-corrected chi connectivity index (χ3v) is 5.79. The van der Waals surface area contributed by atoms with E-state index in [0.717, 1.165) is 12.0 Å². The van der Waals surface area contributed by atoms with Crippen LogP contribution in [0.3, 0.4) is 0 Å². The SMILES string of the molecule is Cc1ccc(S(=O)(=O)N2C=CC3CC3(C)C2)cc1. The Balaban J connectivity index is 1.93. The zero-order chi connectivity index (χ0) is 13.0. The molecule has 2 aliphatic rings. The summed E-state index contributed by atoms with van der Waals surface area (Å²) < 4.78 is 26.4. The Morgan fingerprint density at radius 1 is 1.28 bits per heavy atom. The highest BCUT2D eigenvalue weighted by atomic mass is 32.2. The van der Waals surface area contributed by atoms with Crippen molar-refractivity contribution in [2.24, 2.45) is 11.3 Å². The molecule has 1 aromatic carbocycles. The van der Waals surface area contributed by atoms with Crippen LogP contribution < -0.4 is 0 Å². The molecule has 18 heavy (non-hydrogen) atoms. The first-order valence-electron chi connectivity index (χ1n) is 6.19. The highest BCUT2D eigenvalue weighted by molar-refractivity contribution is 7.89. The molecule has 1 heterocycles. The van der Waals surface area contributed by atoms with Gasteiger partial charge in [0.25, 0.3) is 10.0 Å². The highest BCUT2D eigenvalue weighted by Crippen LogP contribution is 2.56. The molecule has 0 spiro atoms. The van der Waals surface area contributed by atoms with Gasteiger partial charge in [-0.25, -0.2) is 8.42 Å². The molecule has 0 radical (unpaired) electrons. The number of rotatable bonds is 2. The number of aryl methyl sites for hydroxylation is 1. The summed E-state index contributed by atoms with van der Waals surface area (Å²) in [5.41, 5.74) is 1.23. The van der Waals surface area contributed by atoms with E-state index in [1.807, 2.05) is 25.1 Å². The molecule has 0 saturated heterocycles. The van der Waals surface area contributed by atoms with Crippen molar-refractivity contribution in [1.82, 2.24) is 4.31 Å². The number of hydrogen-bond acceptors (Lipinski definition) is 2. The van der Waals surface area contributed by atoms with Gasteiger partial charge in [0.1, 0.15) is 0 Å². The topological polar surface area (TPSA) is 37.4 Å². The van der Waals surface area contributed by atoms with Crippen LogP contribution in [-0.2, 0) is 10.0 Å². The lowest BCUT2D eigenvalue weighted by Gasteiger charge is -2.27. The van der Waals surface area contributed by atoms with E-state index in [9.17, 15) is 8.42 Å². The Morgan fingerprint density at radius 2 is 1.94 bits per heavy atom. The summed E-state index contributed by atoms with van der Waals surface area (Å²) in [7, 11) is -3.38. The zero-order valence-electron chi connectivity index (χ0n) is 10.6. The van der Waals surface area contributed by atoms with Crippen molar-refractivity contribution in [3.8, 4) is 0 Å². The molecule has 96 valence electrons. The summed E-state index contributed by atoms with van der Waals surface area (Å²) in [6.07, 6.45) is 4.85. The van der Waals surface area contributed by atoms with E-state index in [1.165, 1.54) is 4.31 Å². The van der Waals surface area contributed by atoms with E-state index in [1.54, 1.807) is 18.3 Å². The second-order valence-corrected chi connectivity index (χ2v) is 7.56. The van der Waals surface area contributed by atoms with E-state index in [-0.39, 0.29) is 5.41 Å². The fraction of sp³-hybridized carbons (Fsp3) is 0.429. The van der Waals surface area contributed by atoms with Gasteiger partial charge in [-0.05, 0) is 36.8 Å². The molecule has 3 rings (SSSR count). The maximum Gasteiger partial charge on any atom is 0.263 e. The van der Waals surface area contributed by atoms with Crippen molar-refractivity contribution in [3.63, 3.8) is 0 Å². The third-order valence-electron chi connectivity index (χ3n) is 4.05. The van der Waals surface area contributed by atoms with Crippen LogP contribution in [0.15, 0.2) is 41.4 Å². The summed E-state index contributed by atoms with van der Waals surface area (Å²) in [5.74, 6) is 0.571. The number of benzene rings is 1. The first-order valence-corrected chi connectivity index (χ1v) is 7.63. The monoisotopic (exact) mass is 263 g/mol. The summed E-state index contributed by atoms with van der Waals surface area (Å²) in [6, 6.07) is 7.03. The average molecular weight is 263 g/mol. The Morgan fingerprint density at radius 3 is 2.56 bits per heavy atom. The molecule has 0 amide bonds. The predicted octanol–water partition coefficient (Wildman–Crippen LogP) is 2.54. The van der Waals surface area contributed by atoms with Crippen LogP contribution in [0.1, 0.15) is 18.9 Å². The lowest BCUT2D eigenvalue weighted by Crippen LogP contribution is -2.33. The molecule has 1 saturated carbocycles. The quantitative estimate of drug-likeness (QED) is 0.822. The molecular weight excluding hydrogens is 246 g/mol. The smallest absolute Gasteiger partial charge is 0.263 e. The fourth-order valence-electron chi connectivity index (χ4n) is 2.54. The van der Waals surface area contributed by atoms with Crippen LogP contribution >= 0.6 is 0 Å². The minimum Gasteiger partial charge on any atom is -0.273 e. The average Bonchev–Trinajstić information content (AvgIpc) is 3.00. The van der Waals surface area contributed by atoms with E-state index in [4.69, 9.17) is 0 Å². The van der Waals surface area contributed by atoms with Crippen molar-refractivity contribution in [3.05, 3.63) is 42.1 Å². The lowest BCUT2D eigenvalue weighted by atomic mass is 10.1. The Labute approximate surface area is 108 Å². The van der Waals surface area contributed by atoms with Gasteiger partial charge in [-0.3, -0.25) is 4.31 Å². The number of sulfonamides is 1. The number of fused-ring (bicyclic) bond motifs is 1. The molecule has 0 aromatic heterocycles. The molecule has 1 aliphatic heterocycles. The van der Waals surface area contributed by atoms with Gasteiger partial charge in [0, 0.05) is 12.7 Å². The van der Waals surface area contributed by atoms with Crippen molar-refractivity contribution >= 4 is 10.0 Å².